The largest absolute Gasteiger partial charge is 0.493 e. The maximum absolute atomic E-state index is 13.9. The second-order valence-electron chi connectivity index (χ2n) is 10.7. The molecule has 0 N–H and O–H groups in total. The molecule has 0 aromatic heterocycles. The minimum atomic E-state index is -0.718. The number of methoxy groups -OCH3 is 3. The van der Waals surface area contributed by atoms with E-state index < -0.39 is 17.8 Å². The molecule has 0 bridgehead atoms. The normalized spacial score (nSPS) is 22.9. The van der Waals surface area contributed by atoms with E-state index in [9.17, 15) is 14.4 Å². The van der Waals surface area contributed by atoms with Crippen molar-refractivity contribution in [3.05, 3.63) is 70.4 Å². The van der Waals surface area contributed by atoms with Crippen LogP contribution in [0.3, 0.4) is 0 Å². The minimum Gasteiger partial charge on any atom is -0.493 e. The lowest BCUT2D eigenvalue weighted by molar-refractivity contribution is -0.151. The molecule has 0 spiro atoms. The third-order valence-electron chi connectivity index (χ3n) is 8.30. The molecule has 0 amide bonds. The number of ketones is 1. The Labute approximate surface area is 234 Å². The van der Waals surface area contributed by atoms with E-state index in [0.717, 1.165) is 36.8 Å². The van der Waals surface area contributed by atoms with Gasteiger partial charge >= 0.3 is 11.9 Å². The number of nitrogens with zero attached hydrogens (tertiary/aromatic N) is 1. The number of Topliss-reactive ketones (excluding diaryl/α,β-unsaturated/α-hetero) is 1. The molecular formula is C32H35NO7. The van der Waals surface area contributed by atoms with Crippen molar-refractivity contribution in [2.45, 2.75) is 63.4 Å². The predicted octanol–water partition coefficient (Wildman–Crippen LogP) is 5.55. The summed E-state index contributed by atoms with van der Waals surface area (Å²) in [4.78, 5) is 44.5. The molecule has 2 aliphatic carbocycles. The van der Waals surface area contributed by atoms with Crippen LogP contribution < -0.4 is 9.47 Å². The van der Waals surface area contributed by atoms with Gasteiger partial charge in [0, 0.05) is 29.3 Å². The summed E-state index contributed by atoms with van der Waals surface area (Å²) in [5, 5.41) is 0. The second-order valence-corrected chi connectivity index (χ2v) is 10.7. The molecule has 40 heavy (non-hydrogen) atoms. The van der Waals surface area contributed by atoms with Crippen LogP contribution >= 0.6 is 0 Å². The monoisotopic (exact) mass is 545 g/mol. The van der Waals surface area contributed by atoms with Crippen LogP contribution in [0.25, 0.3) is 0 Å². The SMILES string of the molecule is COC(=O)c1ccc([C@H]2C3=C(C[C@@H](c4ccc(OC)c(OC)c4)CC3=O)N=C(C)C2C(=O)OC2CCCC2)cc1. The smallest absolute Gasteiger partial charge is 0.337 e. The zero-order chi connectivity index (χ0) is 28.4. The molecule has 1 fully saturated rings. The number of carbonyl (C=O) groups is 3. The summed E-state index contributed by atoms with van der Waals surface area (Å²) < 4.78 is 21.7. The van der Waals surface area contributed by atoms with E-state index in [0.29, 0.717) is 40.5 Å². The van der Waals surface area contributed by atoms with Gasteiger partial charge in [-0.1, -0.05) is 18.2 Å². The van der Waals surface area contributed by atoms with Gasteiger partial charge in [0.15, 0.2) is 17.3 Å². The van der Waals surface area contributed by atoms with Crippen LogP contribution in [-0.2, 0) is 19.1 Å². The molecule has 8 heteroatoms. The number of esters is 2. The number of allylic oxidation sites excluding steroid dienone is 2. The molecular weight excluding hydrogens is 510 g/mol. The lowest BCUT2D eigenvalue weighted by Crippen LogP contribution is -2.39. The number of carbonyl (C=O) groups excluding carboxylic acids is 3. The molecule has 3 atom stereocenters. The molecule has 8 nitrogen and oxygen atoms in total. The second kappa shape index (κ2) is 11.7. The third kappa shape index (κ3) is 5.27. The van der Waals surface area contributed by atoms with Gasteiger partial charge in [-0.05, 0) is 80.3 Å². The standard InChI is InChI=1S/C32H35NO7/c1-18-28(32(36)40-23-7-5-6-8-23)29(19-9-11-20(12-10-19)31(35)39-4)30-24(33-18)15-22(16-25(30)34)21-13-14-26(37-2)27(17-21)38-3/h9-14,17,22-23,28-29H,5-8,15-16H2,1-4H3/t22-,28?,29-/m1/s1. The molecule has 210 valence electrons. The predicted molar refractivity (Wildman–Crippen MR) is 149 cm³/mol. The number of ether oxygens (including phenoxy) is 4. The molecule has 1 heterocycles. The highest BCUT2D eigenvalue weighted by atomic mass is 16.5. The van der Waals surface area contributed by atoms with Crippen molar-refractivity contribution in [3.63, 3.8) is 0 Å². The number of aliphatic imine (C=N–C) groups is 1. The number of hydrogen-bond donors (Lipinski definition) is 0. The Bertz CT molecular complexity index is 1370. The summed E-state index contributed by atoms with van der Waals surface area (Å²) in [6, 6.07) is 12.6. The van der Waals surface area contributed by atoms with Crippen LogP contribution in [0, 0.1) is 5.92 Å². The van der Waals surface area contributed by atoms with Gasteiger partial charge in [0.05, 0.1) is 26.9 Å². The zero-order valence-electron chi connectivity index (χ0n) is 23.4. The highest BCUT2D eigenvalue weighted by Crippen LogP contribution is 2.47. The molecule has 0 saturated heterocycles. The van der Waals surface area contributed by atoms with Crippen molar-refractivity contribution >= 4 is 23.4 Å². The Kier molecular flexibility index (Phi) is 8.05. The van der Waals surface area contributed by atoms with Gasteiger partial charge in [0.1, 0.15) is 12.0 Å². The average Bonchev–Trinajstić information content (AvgIpc) is 3.48. The van der Waals surface area contributed by atoms with Crippen molar-refractivity contribution < 1.29 is 33.3 Å². The molecule has 5 rings (SSSR count). The van der Waals surface area contributed by atoms with Crippen molar-refractivity contribution in [1.29, 1.82) is 0 Å². The first kappa shape index (κ1) is 27.6. The first-order chi connectivity index (χ1) is 19.3. The van der Waals surface area contributed by atoms with E-state index in [1.165, 1.54) is 7.11 Å². The molecule has 1 aliphatic heterocycles. The number of hydrogen-bond acceptors (Lipinski definition) is 8. The summed E-state index contributed by atoms with van der Waals surface area (Å²) in [6.45, 7) is 1.84. The van der Waals surface area contributed by atoms with E-state index >= 15 is 0 Å². The number of rotatable bonds is 7. The minimum absolute atomic E-state index is 0.0435. The molecule has 3 aliphatic rings. The van der Waals surface area contributed by atoms with Crippen molar-refractivity contribution in [2.24, 2.45) is 10.9 Å². The Hall–Kier alpha value is -3.94. The summed E-state index contributed by atoms with van der Waals surface area (Å²) in [6.07, 6.45) is 4.52. The summed E-state index contributed by atoms with van der Waals surface area (Å²) >= 11 is 0. The Morgan fingerprint density at radius 3 is 2.20 bits per heavy atom. The van der Waals surface area contributed by atoms with Crippen LogP contribution in [0.5, 0.6) is 11.5 Å². The fourth-order valence-electron chi connectivity index (χ4n) is 6.26. The van der Waals surface area contributed by atoms with Gasteiger partial charge in [-0.25, -0.2) is 4.79 Å². The van der Waals surface area contributed by atoms with Crippen LogP contribution in [-0.4, -0.2) is 50.9 Å². The lowest BCUT2D eigenvalue weighted by Gasteiger charge is -2.37. The fourth-order valence-corrected chi connectivity index (χ4v) is 6.26. The van der Waals surface area contributed by atoms with E-state index in [4.69, 9.17) is 23.9 Å². The lowest BCUT2D eigenvalue weighted by atomic mass is 9.69. The molecule has 2 aromatic rings. The van der Waals surface area contributed by atoms with Gasteiger partial charge in [0.2, 0.25) is 0 Å². The van der Waals surface area contributed by atoms with Crippen LogP contribution in [0.15, 0.2) is 58.7 Å². The Balaban J connectivity index is 1.53. The molecule has 2 aromatic carbocycles. The van der Waals surface area contributed by atoms with Gasteiger partial charge in [-0.3, -0.25) is 14.6 Å². The first-order valence-electron chi connectivity index (χ1n) is 13.8. The highest BCUT2D eigenvalue weighted by Gasteiger charge is 2.45. The van der Waals surface area contributed by atoms with Crippen molar-refractivity contribution in [3.8, 4) is 11.5 Å². The van der Waals surface area contributed by atoms with Gasteiger partial charge in [-0.2, -0.15) is 0 Å². The van der Waals surface area contributed by atoms with E-state index in [1.54, 1.807) is 38.5 Å². The molecule has 1 saturated carbocycles. The molecule has 1 unspecified atom stereocenters. The molecule has 0 radical (unpaired) electrons. The van der Waals surface area contributed by atoms with Crippen molar-refractivity contribution in [1.82, 2.24) is 0 Å². The maximum Gasteiger partial charge on any atom is 0.337 e. The van der Waals surface area contributed by atoms with E-state index in [1.807, 2.05) is 25.1 Å². The van der Waals surface area contributed by atoms with Crippen molar-refractivity contribution in [2.75, 3.05) is 21.3 Å². The maximum atomic E-state index is 13.9. The summed E-state index contributed by atoms with van der Waals surface area (Å²) in [5.41, 5.74) is 4.01. The summed E-state index contributed by atoms with van der Waals surface area (Å²) in [5.74, 6) is -0.970. The van der Waals surface area contributed by atoms with Gasteiger partial charge in [-0.15, -0.1) is 0 Å². The fraction of sp³-hybridized carbons (Fsp3) is 0.438. The van der Waals surface area contributed by atoms with Crippen LogP contribution in [0.1, 0.15) is 78.8 Å². The zero-order valence-corrected chi connectivity index (χ0v) is 23.4. The van der Waals surface area contributed by atoms with E-state index in [2.05, 4.69) is 0 Å². The third-order valence-corrected chi connectivity index (χ3v) is 8.30. The van der Waals surface area contributed by atoms with Gasteiger partial charge < -0.3 is 18.9 Å². The van der Waals surface area contributed by atoms with Gasteiger partial charge in [0.25, 0.3) is 0 Å². The topological polar surface area (TPSA) is 100 Å². The highest BCUT2D eigenvalue weighted by molar-refractivity contribution is 6.09. The Morgan fingerprint density at radius 2 is 1.55 bits per heavy atom. The quantitative estimate of drug-likeness (QED) is 0.421. The summed E-state index contributed by atoms with van der Waals surface area (Å²) in [7, 11) is 4.51. The number of benzene rings is 2. The van der Waals surface area contributed by atoms with Crippen LogP contribution in [0.2, 0.25) is 0 Å². The Morgan fingerprint density at radius 1 is 0.875 bits per heavy atom. The average molecular weight is 546 g/mol. The van der Waals surface area contributed by atoms with E-state index in [-0.39, 0.29) is 30.2 Å². The van der Waals surface area contributed by atoms with Crippen LogP contribution in [0.4, 0.5) is 0 Å². The first-order valence-corrected chi connectivity index (χ1v) is 13.8.